The highest BCUT2D eigenvalue weighted by atomic mass is 16.6. The maximum Gasteiger partial charge on any atom is 0.344 e. The van der Waals surface area contributed by atoms with Gasteiger partial charge >= 0.3 is 5.97 Å². The first kappa shape index (κ1) is 21.9. The van der Waals surface area contributed by atoms with E-state index in [0.717, 1.165) is 18.4 Å². The standard InChI is InChI=1S/C22H26N2O5/c1-3-9-18(16-10-5-4-6-11-16)24-22(27)15(2)29-20(25)14-28-19-13-8-7-12-17(19)21(23)26/h4-8,10-13,15,18H,3,9,14H2,1-2H3,(H2,23,26)(H,24,27)/t15-,18-/m0/s1. The van der Waals surface area contributed by atoms with Crippen LogP contribution < -0.4 is 15.8 Å². The minimum Gasteiger partial charge on any atom is -0.481 e. The second-order valence-corrected chi connectivity index (χ2v) is 6.54. The molecular formula is C22H26N2O5. The molecule has 2 atom stereocenters. The summed E-state index contributed by atoms with van der Waals surface area (Å²) in [6.07, 6.45) is 0.672. The van der Waals surface area contributed by atoms with Gasteiger partial charge in [-0.15, -0.1) is 0 Å². The Labute approximate surface area is 170 Å². The minimum absolute atomic E-state index is 0.159. The Bertz CT molecular complexity index is 838. The Balaban J connectivity index is 1.90. The van der Waals surface area contributed by atoms with Crippen LogP contribution in [-0.2, 0) is 14.3 Å². The summed E-state index contributed by atoms with van der Waals surface area (Å²) in [7, 11) is 0. The first-order valence-electron chi connectivity index (χ1n) is 9.48. The normalized spacial score (nSPS) is 12.5. The first-order chi connectivity index (χ1) is 13.9. The van der Waals surface area contributed by atoms with Crippen LogP contribution in [0.25, 0.3) is 0 Å². The second-order valence-electron chi connectivity index (χ2n) is 6.54. The molecule has 0 spiro atoms. The van der Waals surface area contributed by atoms with Crippen LogP contribution >= 0.6 is 0 Å². The van der Waals surface area contributed by atoms with Crippen molar-refractivity contribution in [3.8, 4) is 5.75 Å². The van der Waals surface area contributed by atoms with Gasteiger partial charge in [0.25, 0.3) is 11.8 Å². The number of nitrogens with two attached hydrogens (primary N) is 1. The second kappa shape index (κ2) is 10.8. The van der Waals surface area contributed by atoms with Crippen LogP contribution in [0.5, 0.6) is 5.75 Å². The van der Waals surface area contributed by atoms with Crippen molar-refractivity contribution in [3.63, 3.8) is 0 Å². The van der Waals surface area contributed by atoms with Gasteiger partial charge in [0.2, 0.25) is 0 Å². The molecule has 29 heavy (non-hydrogen) atoms. The van der Waals surface area contributed by atoms with Crippen LogP contribution in [-0.4, -0.2) is 30.5 Å². The Morgan fingerprint density at radius 1 is 1.03 bits per heavy atom. The largest absolute Gasteiger partial charge is 0.481 e. The van der Waals surface area contributed by atoms with Gasteiger partial charge in [0.05, 0.1) is 11.6 Å². The molecule has 0 aliphatic rings. The summed E-state index contributed by atoms with van der Waals surface area (Å²) in [5.41, 5.74) is 6.43. The van der Waals surface area contributed by atoms with Crippen LogP contribution in [0, 0.1) is 0 Å². The number of nitrogens with one attached hydrogen (secondary N) is 1. The highest BCUT2D eigenvalue weighted by molar-refractivity contribution is 5.95. The fourth-order valence-electron chi connectivity index (χ4n) is 2.80. The molecule has 0 heterocycles. The number of hydrogen-bond acceptors (Lipinski definition) is 5. The lowest BCUT2D eigenvalue weighted by atomic mass is 10.0. The molecule has 2 aromatic rings. The maximum absolute atomic E-state index is 12.5. The average Bonchev–Trinajstić information content (AvgIpc) is 2.72. The lowest BCUT2D eigenvalue weighted by Gasteiger charge is -2.21. The molecule has 0 fully saturated rings. The Hall–Kier alpha value is -3.35. The van der Waals surface area contributed by atoms with E-state index in [4.69, 9.17) is 15.2 Å². The van der Waals surface area contributed by atoms with Crippen LogP contribution in [0.2, 0.25) is 0 Å². The molecule has 154 valence electrons. The molecular weight excluding hydrogens is 372 g/mol. The molecule has 0 aromatic heterocycles. The zero-order chi connectivity index (χ0) is 21.2. The van der Waals surface area contributed by atoms with Crippen molar-refractivity contribution in [2.24, 2.45) is 5.73 Å². The molecule has 0 aliphatic heterocycles. The summed E-state index contributed by atoms with van der Waals surface area (Å²) < 4.78 is 10.5. The maximum atomic E-state index is 12.5. The van der Waals surface area contributed by atoms with Gasteiger partial charge in [-0.25, -0.2) is 4.79 Å². The third-order valence-corrected chi connectivity index (χ3v) is 4.27. The van der Waals surface area contributed by atoms with Crippen LogP contribution in [0.1, 0.15) is 48.7 Å². The third-order valence-electron chi connectivity index (χ3n) is 4.27. The summed E-state index contributed by atoms with van der Waals surface area (Å²) in [6, 6.07) is 15.8. The molecule has 0 bridgehead atoms. The molecule has 7 heteroatoms. The van der Waals surface area contributed by atoms with Crippen molar-refractivity contribution in [1.82, 2.24) is 5.32 Å². The molecule has 2 amide bonds. The van der Waals surface area contributed by atoms with Crippen molar-refractivity contribution in [3.05, 3.63) is 65.7 Å². The summed E-state index contributed by atoms with van der Waals surface area (Å²) in [4.78, 5) is 35.9. The molecule has 0 unspecified atom stereocenters. The fourth-order valence-corrected chi connectivity index (χ4v) is 2.80. The zero-order valence-electron chi connectivity index (χ0n) is 16.6. The number of benzene rings is 2. The number of hydrogen-bond donors (Lipinski definition) is 2. The number of carbonyl (C=O) groups is 3. The highest BCUT2D eigenvalue weighted by Gasteiger charge is 2.22. The van der Waals surface area contributed by atoms with Gasteiger partial charge in [0, 0.05) is 0 Å². The van der Waals surface area contributed by atoms with Crippen LogP contribution in [0.3, 0.4) is 0 Å². The topological polar surface area (TPSA) is 108 Å². The van der Waals surface area contributed by atoms with E-state index < -0.39 is 30.5 Å². The van der Waals surface area contributed by atoms with E-state index in [1.807, 2.05) is 37.3 Å². The van der Waals surface area contributed by atoms with E-state index in [-0.39, 0.29) is 17.4 Å². The Kier molecular flexibility index (Phi) is 8.21. The highest BCUT2D eigenvalue weighted by Crippen LogP contribution is 2.19. The van der Waals surface area contributed by atoms with E-state index in [1.165, 1.54) is 19.1 Å². The van der Waals surface area contributed by atoms with Crippen molar-refractivity contribution < 1.29 is 23.9 Å². The number of ether oxygens (including phenoxy) is 2. The van der Waals surface area contributed by atoms with Gasteiger partial charge in [0.1, 0.15) is 5.75 Å². The molecule has 2 rings (SSSR count). The molecule has 0 aliphatic carbocycles. The zero-order valence-corrected chi connectivity index (χ0v) is 16.6. The Morgan fingerprint density at radius 2 is 1.69 bits per heavy atom. The summed E-state index contributed by atoms with van der Waals surface area (Å²) in [6.45, 7) is 3.09. The van der Waals surface area contributed by atoms with Gasteiger partial charge in [0.15, 0.2) is 12.7 Å². The Morgan fingerprint density at radius 3 is 2.34 bits per heavy atom. The van der Waals surface area contributed by atoms with E-state index in [1.54, 1.807) is 12.1 Å². The molecule has 3 N–H and O–H groups in total. The summed E-state index contributed by atoms with van der Waals surface area (Å²) >= 11 is 0. The smallest absolute Gasteiger partial charge is 0.344 e. The molecule has 7 nitrogen and oxygen atoms in total. The summed E-state index contributed by atoms with van der Waals surface area (Å²) in [5.74, 6) is -1.59. The van der Waals surface area contributed by atoms with Gasteiger partial charge < -0.3 is 20.5 Å². The van der Waals surface area contributed by atoms with E-state index in [9.17, 15) is 14.4 Å². The van der Waals surface area contributed by atoms with Crippen molar-refractivity contribution in [2.45, 2.75) is 38.8 Å². The number of esters is 1. The van der Waals surface area contributed by atoms with E-state index in [0.29, 0.717) is 0 Å². The van der Waals surface area contributed by atoms with Crippen LogP contribution in [0.15, 0.2) is 54.6 Å². The van der Waals surface area contributed by atoms with Gasteiger partial charge in [-0.3, -0.25) is 9.59 Å². The average molecular weight is 398 g/mol. The number of carbonyl (C=O) groups excluding carboxylic acids is 3. The van der Waals surface area contributed by atoms with Gasteiger partial charge in [-0.2, -0.15) is 0 Å². The number of amides is 2. The lowest BCUT2D eigenvalue weighted by molar-refractivity contribution is -0.156. The molecule has 2 aromatic carbocycles. The van der Waals surface area contributed by atoms with Gasteiger partial charge in [-0.05, 0) is 31.0 Å². The first-order valence-corrected chi connectivity index (χ1v) is 9.48. The van der Waals surface area contributed by atoms with Crippen molar-refractivity contribution in [1.29, 1.82) is 0 Å². The van der Waals surface area contributed by atoms with Crippen molar-refractivity contribution in [2.75, 3.05) is 6.61 Å². The number of rotatable bonds is 10. The number of primary amides is 1. The predicted octanol–water partition coefficient (Wildman–Crippen LogP) is 2.75. The van der Waals surface area contributed by atoms with Crippen molar-refractivity contribution >= 4 is 17.8 Å². The molecule has 0 radical (unpaired) electrons. The summed E-state index contributed by atoms with van der Waals surface area (Å²) in [5, 5.41) is 2.92. The van der Waals surface area contributed by atoms with E-state index >= 15 is 0 Å². The fraction of sp³-hybridized carbons (Fsp3) is 0.318. The minimum atomic E-state index is -0.986. The van der Waals surface area contributed by atoms with Gasteiger partial charge in [-0.1, -0.05) is 55.8 Å². The monoisotopic (exact) mass is 398 g/mol. The quantitative estimate of drug-likeness (QED) is 0.598. The molecule has 0 saturated carbocycles. The molecule has 0 saturated heterocycles. The SMILES string of the molecule is CCC[C@H](NC(=O)[C@H](C)OC(=O)COc1ccccc1C(N)=O)c1ccccc1. The number of para-hydroxylation sites is 1. The lowest BCUT2D eigenvalue weighted by Crippen LogP contribution is -2.38. The predicted molar refractivity (Wildman–Crippen MR) is 108 cm³/mol. The third kappa shape index (κ3) is 6.64. The van der Waals surface area contributed by atoms with E-state index in [2.05, 4.69) is 5.32 Å². The van der Waals surface area contributed by atoms with Crippen LogP contribution in [0.4, 0.5) is 0 Å².